The number of nitrogens with one attached hydrogen (secondary N) is 2. The molecule has 1 amide bonds. The quantitative estimate of drug-likeness (QED) is 0.715. The molecule has 100 valence electrons. The van der Waals surface area contributed by atoms with Crippen molar-refractivity contribution in [3.63, 3.8) is 0 Å². The molecule has 0 saturated heterocycles. The number of hydrogen-bond donors (Lipinski definition) is 3. The Hall–Kier alpha value is -1.44. The Labute approximate surface area is 107 Å². The molecule has 1 aromatic carbocycles. The molecule has 0 bridgehead atoms. The van der Waals surface area contributed by atoms with Crippen molar-refractivity contribution >= 4 is 21.6 Å². The molecule has 18 heavy (non-hydrogen) atoms. The molecule has 0 radical (unpaired) electrons. The van der Waals surface area contributed by atoms with Crippen molar-refractivity contribution in [1.29, 1.82) is 0 Å². The van der Waals surface area contributed by atoms with Gasteiger partial charge in [-0.05, 0) is 37.7 Å². The topological polar surface area (TPSA) is 101 Å². The first-order valence-electron chi connectivity index (χ1n) is 5.50. The fraction of sp³-hybridized carbons (Fsp3) is 0.364. The molecule has 0 aliphatic heterocycles. The van der Waals surface area contributed by atoms with E-state index in [0.29, 0.717) is 12.1 Å². The van der Waals surface area contributed by atoms with E-state index in [-0.39, 0.29) is 10.8 Å². The summed E-state index contributed by atoms with van der Waals surface area (Å²) in [5.41, 5.74) is 6.08. The predicted molar refractivity (Wildman–Crippen MR) is 69.6 cm³/mol. The van der Waals surface area contributed by atoms with Crippen molar-refractivity contribution in [2.75, 3.05) is 12.4 Å². The third-order valence-corrected chi connectivity index (χ3v) is 3.91. The summed E-state index contributed by atoms with van der Waals surface area (Å²) in [6, 6.07) is 5.30. The number of sulfonamides is 1. The molecule has 1 rings (SSSR count). The van der Waals surface area contributed by atoms with Gasteiger partial charge in [0.1, 0.15) is 0 Å². The highest BCUT2D eigenvalue weighted by molar-refractivity contribution is 7.89. The molecular weight excluding hydrogens is 254 g/mol. The van der Waals surface area contributed by atoms with Gasteiger partial charge in [0.2, 0.25) is 15.9 Å². The van der Waals surface area contributed by atoms with Gasteiger partial charge in [-0.1, -0.05) is 6.92 Å². The molecule has 6 nitrogen and oxygen atoms in total. The van der Waals surface area contributed by atoms with E-state index in [4.69, 9.17) is 5.73 Å². The van der Waals surface area contributed by atoms with Crippen LogP contribution >= 0.6 is 0 Å². The van der Waals surface area contributed by atoms with Gasteiger partial charge < -0.3 is 11.1 Å². The molecule has 7 heteroatoms. The van der Waals surface area contributed by atoms with Gasteiger partial charge in [-0.15, -0.1) is 0 Å². The van der Waals surface area contributed by atoms with Crippen LogP contribution in [-0.2, 0) is 14.8 Å². The lowest BCUT2D eigenvalue weighted by Gasteiger charge is -2.10. The fourth-order valence-electron chi connectivity index (χ4n) is 1.26. The van der Waals surface area contributed by atoms with Crippen molar-refractivity contribution in [1.82, 2.24) is 4.72 Å². The van der Waals surface area contributed by atoms with Crippen LogP contribution in [0.25, 0.3) is 0 Å². The van der Waals surface area contributed by atoms with E-state index >= 15 is 0 Å². The number of hydrogen-bond acceptors (Lipinski definition) is 4. The van der Waals surface area contributed by atoms with E-state index in [1.165, 1.54) is 31.3 Å². The van der Waals surface area contributed by atoms with Crippen molar-refractivity contribution in [3.05, 3.63) is 24.3 Å². The zero-order chi connectivity index (χ0) is 13.8. The second-order valence-electron chi connectivity index (χ2n) is 3.74. The fourth-order valence-corrected chi connectivity index (χ4v) is 1.99. The SMILES string of the molecule is CC[C@@H](N)C(=O)Nc1ccc(S(=O)(=O)NC)cc1. The minimum absolute atomic E-state index is 0.141. The molecule has 4 N–H and O–H groups in total. The van der Waals surface area contributed by atoms with Crippen LogP contribution in [0.3, 0.4) is 0 Å². The van der Waals surface area contributed by atoms with Gasteiger partial charge in [-0.25, -0.2) is 13.1 Å². The van der Waals surface area contributed by atoms with Crippen LogP contribution in [0.2, 0.25) is 0 Å². The summed E-state index contributed by atoms with van der Waals surface area (Å²) in [4.78, 5) is 11.7. The average molecular weight is 271 g/mol. The maximum Gasteiger partial charge on any atom is 0.241 e. The summed E-state index contributed by atoms with van der Waals surface area (Å²) in [5.74, 6) is -0.290. The minimum Gasteiger partial charge on any atom is -0.325 e. The summed E-state index contributed by atoms with van der Waals surface area (Å²) in [6.07, 6.45) is 0.540. The maximum absolute atomic E-state index is 11.5. The third kappa shape index (κ3) is 3.52. The van der Waals surface area contributed by atoms with Crippen LogP contribution in [0.5, 0.6) is 0 Å². The molecule has 0 aliphatic rings. The average Bonchev–Trinajstić information content (AvgIpc) is 2.38. The Bertz CT molecular complexity index is 511. The van der Waals surface area contributed by atoms with Crippen molar-refractivity contribution in [2.24, 2.45) is 5.73 Å². The molecule has 0 heterocycles. The summed E-state index contributed by atoms with van der Waals surface area (Å²) in [5, 5.41) is 2.61. The Morgan fingerprint density at radius 1 is 1.33 bits per heavy atom. The Morgan fingerprint density at radius 2 is 1.89 bits per heavy atom. The van der Waals surface area contributed by atoms with E-state index in [9.17, 15) is 13.2 Å². The Balaban J connectivity index is 2.82. The second kappa shape index (κ2) is 5.94. The number of anilines is 1. The standard InChI is InChI=1S/C11H17N3O3S/c1-3-10(12)11(15)14-8-4-6-9(7-5-8)18(16,17)13-2/h4-7,10,13H,3,12H2,1-2H3,(H,14,15)/t10-/m1/s1. The lowest BCUT2D eigenvalue weighted by molar-refractivity contribution is -0.117. The molecule has 0 aromatic heterocycles. The normalized spacial score (nSPS) is 13.1. The van der Waals surface area contributed by atoms with Gasteiger partial charge in [0.25, 0.3) is 0 Å². The number of amides is 1. The first-order chi connectivity index (χ1) is 8.40. The molecule has 0 spiro atoms. The smallest absolute Gasteiger partial charge is 0.241 e. The van der Waals surface area contributed by atoms with Gasteiger partial charge in [0, 0.05) is 5.69 Å². The van der Waals surface area contributed by atoms with Crippen molar-refractivity contribution in [3.8, 4) is 0 Å². The highest BCUT2D eigenvalue weighted by Gasteiger charge is 2.13. The van der Waals surface area contributed by atoms with Crippen molar-refractivity contribution in [2.45, 2.75) is 24.3 Å². The molecule has 0 fully saturated rings. The number of benzene rings is 1. The van der Waals surface area contributed by atoms with Crippen LogP contribution in [0, 0.1) is 0 Å². The van der Waals surface area contributed by atoms with E-state index in [1.54, 1.807) is 0 Å². The number of rotatable bonds is 5. The molecule has 1 atom stereocenters. The number of nitrogens with two attached hydrogens (primary N) is 1. The van der Waals surface area contributed by atoms with Gasteiger partial charge >= 0.3 is 0 Å². The van der Waals surface area contributed by atoms with Crippen LogP contribution in [0.4, 0.5) is 5.69 Å². The molecular formula is C11H17N3O3S. The van der Waals surface area contributed by atoms with E-state index in [0.717, 1.165) is 0 Å². The third-order valence-electron chi connectivity index (χ3n) is 2.48. The zero-order valence-electron chi connectivity index (χ0n) is 10.3. The summed E-state index contributed by atoms with van der Waals surface area (Å²) in [7, 11) is -2.11. The molecule has 0 unspecified atom stereocenters. The summed E-state index contributed by atoms with van der Waals surface area (Å²) < 4.78 is 25.2. The predicted octanol–water partition coefficient (Wildman–Crippen LogP) is 0.271. The van der Waals surface area contributed by atoms with Gasteiger partial charge in [-0.3, -0.25) is 4.79 Å². The van der Waals surface area contributed by atoms with Crippen LogP contribution in [-0.4, -0.2) is 27.4 Å². The molecule has 1 aromatic rings. The summed E-state index contributed by atoms with van der Waals surface area (Å²) >= 11 is 0. The Kier molecular flexibility index (Phi) is 4.83. The monoisotopic (exact) mass is 271 g/mol. The molecule has 0 saturated carbocycles. The van der Waals surface area contributed by atoms with Gasteiger partial charge in [0.05, 0.1) is 10.9 Å². The zero-order valence-corrected chi connectivity index (χ0v) is 11.1. The number of carbonyl (C=O) groups excluding carboxylic acids is 1. The first kappa shape index (κ1) is 14.6. The lowest BCUT2D eigenvalue weighted by atomic mass is 10.2. The molecule has 0 aliphatic carbocycles. The van der Waals surface area contributed by atoms with E-state index in [2.05, 4.69) is 10.0 Å². The van der Waals surface area contributed by atoms with Crippen LogP contribution in [0.1, 0.15) is 13.3 Å². The second-order valence-corrected chi connectivity index (χ2v) is 5.62. The summed E-state index contributed by atoms with van der Waals surface area (Å²) in [6.45, 7) is 1.81. The van der Waals surface area contributed by atoms with E-state index in [1.807, 2.05) is 6.92 Å². The first-order valence-corrected chi connectivity index (χ1v) is 6.99. The van der Waals surface area contributed by atoms with Gasteiger partial charge in [-0.2, -0.15) is 0 Å². The highest BCUT2D eigenvalue weighted by atomic mass is 32.2. The van der Waals surface area contributed by atoms with Crippen LogP contribution < -0.4 is 15.8 Å². The Morgan fingerprint density at radius 3 is 2.33 bits per heavy atom. The van der Waals surface area contributed by atoms with E-state index < -0.39 is 16.1 Å². The minimum atomic E-state index is -3.45. The van der Waals surface area contributed by atoms with Gasteiger partial charge in [0.15, 0.2) is 0 Å². The maximum atomic E-state index is 11.5. The number of carbonyl (C=O) groups is 1. The highest BCUT2D eigenvalue weighted by Crippen LogP contribution is 2.13. The lowest BCUT2D eigenvalue weighted by Crippen LogP contribution is -2.34. The van der Waals surface area contributed by atoms with Crippen molar-refractivity contribution < 1.29 is 13.2 Å². The van der Waals surface area contributed by atoms with Crippen LogP contribution in [0.15, 0.2) is 29.2 Å². The largest absolute Gasteiger partial charge is 0.325 e.